The number of amides is 4. The molecule has 4 fully saturated rings. The van der Waals surface area contributed by atoms with Crippen molar-refractivity contribution in [3.63, 3.8) is 0 Å². The molecule has 7 nitrogen and oxygen atoms in total. The number of hydrogen-bond acceptors (Lipinski definition) is 4. The van der Waals surface area contributed by atoms with Gasteiger partial charge in [-0.25, -0.2) is 4.79 Å². The molecule has 5 aliphatic rings. The van der Waals surface area contributed by atoms with Crippen molar-refractivity contribution in [3.05, 3.63) is 47.5 Å². The van der Waals surface area contributed by atoms with E-state index in [2.05, 4.69) is 16.3 Å². The van der Waals surface area contributed by atoms with Crippen molar-refractivity contribution in [1.82, 2.24) is 20.0 Å². The number of carbonyl (C=O) groups excluding carboxylic acids is 3. The van der Waals surface area contributed by atoms with Crippen molar-refractivity contribution in [2.45, 2.75) is 69.6 Å². The van der Waals surface area contributed by atoms with Gasteiger partial charge in [0.1, 0.15) is 6.04 Å². The molecule has 2 unspecified atom stereocenters. The first-order chi connectivity index (χ1) is 16.6. The van der Waals surface area contributed by atoms with E-state index < -0.39 is 12.1 Å². The van der Waals surface area contributed by atoms with Crippen LogP contribution in [0.4, 0.5) is 4.79 Å². The van der Waals surface area contributed by atoms with E-state index in [1.165, 1.54) is 42.7 Å². The zero-order valence-electron chi connectivity index (χ0n) is 19.7. The number of likely N-dealkylation sites (tertiary alicyclic amines) is 1. The summed E-state index contributed by atoms with van der Waals surface area (Å²) in [5.41, 5.74) is 2.34. The lowest BCUT2D eigenvalue weighted by atomic mass is 9.68. The Labute approximate surface area is 201 Å². The highest BCUT2D eigenvalue weighted by atomic mass is 16.2. The standard InChI is InChI=1S/C27H34N4O3/c32-24(15-22-26(33)31(27(34)28-22)16-18-7-2-1-3-8-18)30-12-6-9-19-13-20-14-21(25(19)30)17-29-11-5-4-10-23(20)29/h1-3,7-8,13,20-23,25H,4-6,9-12,14-17H2,(H,28,34)/t20-,21-,22-,23?,25?/m0/s1. The molecule has 1 aliphatic carbocycles. The van der Waals surface area contributed by atoms with Crippen LogP contribution in [0.2, 0.25) is 0 Å². The fourth-order valence-electron chi connectivity index (χ4n) is 7.18. The van der Waals surface area contributed by atoms with Gasteiger partial charge < -0.3 is 10.2 Å². The van der Waals surface area contributed by atoms with E-state index in [1.807, 2.05) is 35.2 Å². The van der Waals surface area contributed by atoms with Crippen LogP contribution in [-0.2, 0) is 16.1 Å². The first-order valence-corrected chi connectivity index (χ1v) is 13.0. The van der Waals surface area contributed by atoms with Gasteiger partial charge in [-0.3, -0.25) is 19.4 Å². The molecule has 6 rings (SSSR count). The topological polar surface area (TPSA) is 73.0 Å². The number of urea groups is 1. The van der Waals surface area contributed by atoms with Gasteiger partial charge in [0.05, 0.1) is 19.0 Å². The molecule has 4 amide bonds. The highest BCUT2D eigenvalue weighted by molar-refractivity contribution is 6.05. The summed E-state index contributed by atoms with van der Waals surface area (Å²) in [6.07, 6.45) is 9.70. The monoisotopic (exact) mass is 462 g/mol. The third kappa shape index (κ3) is 3.84. The number of nitrogens with zero attached hydrogens (tertiary/aromatic N) is 3. The van der Waals surface area contributed by atoms with Crippen LogP contribution in [-0.4, -0.2) is 70.3 Å². The van der Waals surface area contributed by atoms with Gasteiger partial charge in [-0.1, -0.05) is 48.4 Å². The lowest BCUT2D eigenvalue weighted by Gasteiger charge is -2.54. The van der Waals surface area contributed by atoms with Gasteiger partial charge in [0, 0.05) is 19.1 Å². The lowest BCUT2D eigenvalue weighted by Crippen LogP contribution is -2.60. The van der Waals surface area contributed by atoms with Gasteiger partial charge in [-0.15, -0.1) is 0 Å². The molecule has 34 heavy (non-hydrogen) atoms. The van der Waals surface area contributed by atoms with Crippen LogP contribution in [0, 0.1) is 11.8 Å². The molecule has 4 heterocycles. The number of imide groups is 1. The zero-order valence-corrected chi connectivity index (χ0v) is 19.7. The third-order valence-corrected chi connectivity index (χ3v) is 8.65. The second-order valence-corrected chi connectivity index (χ2v) is 10.7. The maximum Gasteiger partial charge on any atom is 0.325 e. The van der Waals surface area contributed by atoms with Crippen molar-refractivity contribution in [1.29, 1.82) is 0 Å². The summed E-state index contributed by atoms with van der Waals surface area (Å²) in [6, 6.07) is 9.15. The number of nitrogens with one attached hydrogen (secondary N) is 1. The van der Waals surface area contributed by atoms with Crippen LogP contribution in [0.15, 0.2) is 42.0 Å². The first-order valence-electron chi connectivity index (χ1n) is 13.0. The zero-order chi connectivity index (χ0) is 23.2. The summed E-state index contributed by atoms with van der Waals surface area (Å²) in [5.74, 6) is 0.803. The van der Waals surface area contributed by atoms with E-state index in [4.69, 9.17) is 0 Å². The molecule has 7 heteroatoms. The molecule has 1 aromatic carbocycles. The minimum Gasteiger partial charge on any atom is -0.336 e. The predicted molar refractivity (Wildman–Crippen MR) is 128 cm³/mol. The summed E-state index contributed by atoms with van der Waals surface area (Å²) in [7, 11) is 0. The molecule has 0 saturated carbocycles. The van der Waals surface area contributed by atoms with Crippen molar-refractivity contribution < 1.29 is 14.4 Å². The van der Waals surface area contributed by atoms with E-state index in [0.29, 0.717) is 17.9 Å². The van der Waals surface area contributed by atoms with Crippen molar-refractivity contribution in [3.8, 4) is 0 Å². The molecule has 1 aromatic rings. The summed E-state index contributed by atoms with van der Waals surface area (Å²) < 4.78 is 0. The maximum absolute atomic E-state index is 13.5. The van der Waals surface area contributed by atoms with Gasteiger partial charge in [0.2, 0.25) is 5.91 Å². The smallest absolute Gasteiger partial charge is 0.325 e. The molecular formula is C27H34N4O3. The van der Waals surface area contributed by atoms with E-state index in [-0.39, 0.29) is 30.8 Å². The van der Waals surface area contributed by atoms with Gasteiger partial charge >= 0.3 is 6.03 Å². The van der Waals surface area contributed by atoms with Gasteiger partial charge in [0.25, 0.3) is 5.91 Å². The normalized spacial score (nSPS) is 33.2. The molecule has 0 aromatic heterocycles. The Kier molecular flexibility index (Phi) is 5.68. The number of fused-ring (bicyclic) bond motifs is 6. The molecule has 4 saturated heterocycles. The van der Waals surface area contributed by atoms with Gasteiger partial charge in [0.15, 0.2) is 0 Å². The third-order valence-electron chi connectivity index (χ3n) is 8.65. The Morgan fingerprint density at radius 3 is 2.76 bits per heavy atom. The Morgan fingerprint density at radius 2 is 1.91 bits per heavy atom. The second-order valence-electron chi connectivity index (χ2n) is 10.7. The summed E-state index contributed by atoms with van der Waals surface area (Å²) in [6.45, 7) is 3.24. The SMILES string of the molecule is O=C1N[C@@H](CC(=O)N2CCCC3=C[C@H]4C[C@@H](CN5CCCCC45)C32)C(=O)N1Cc1ccccc1. The number of benzene rings is 1. The number of rotatable bonds is 4. The second kappa shape index (κ2) is 8.84. The average molecular weight is 463 g/mol. The quantitative estimate of drug-likeness (QED) is 0.552. The van der Waals surface area contributed by atoms with E-state index in [0.717, 1.165) is 31.5 Å². The maximum atomic E-state index is 13.5. The Balaban J connectivity index is 1.16. The number of piperidine rings is 3. The highest BCUT2D eigenvalue weighted by Gasteiger charge is 2.48. The van der Waals surface area contributed by atoms with Crippen molar-refractivity contribution in [2.75, 3.05) is 19.6 Å². The molecule has 1 N–H and O–H groups in total. The minimum absolute atomic E-state index is 0.00460. The molecule has 0 radical (unpaired) electrons. The van der Waals surface area contributed by atoms with Crippen LogP contribution in [0.5, 0.6) is 0 Å². The summed E-state index contributed by atoms with van der Waals surface area (Å²) >= 11 is 0. The Morgan fingerprint density at radius 1 is 1.06 bits per heavy atom. The number of hydrogen-bond donors (Lipinski definition) is 1. The minimum atomic E-state index is -0.771. The fourth-order valence-corrected chi connectivity index (χ4v) is 7.18. The Hall–Kier alpha value is -2.67. The van der Waals surface area contributed by atoms with Crippen LogP contribution < -0.4 is 5.32 Å². The highest BCUT2D eigenvalue weighted by Crippen LogP contribution is 2.45. The van der Waals surface area contributed by atoms with Crippen LogP contribution >= 0.6 is 0 Å². The summed E-state index contributed by atoms with van der Waals surface area (Å²) in [5, 5.41) is 2.76. The van der Waals surface area contributed by atoms with Gasteiger partial charge in [-0.05, 0) is 56.0 Å². The first kappa shape index (κ1) is 21.8. The van der Waals surface area contributed by atoms with Crippen LogP contribution in [0.1, 0.15) is 50.5 Å². The lowest BCUT2D eigenvalue weighted by molar-refractivity contribution is -0.139. The predicted octanol–water partition coefficient (Wildman–Crippen LogP) is 2.92. The van der Waals surface area contributed by atoms with Crippen molar-refractivity contribution >= 4 is 17.8 Å². The number of carbonyl (C=O) groups is 3. The van der Waals surface area contributed by atoms with Crippen molar-refractivity contribution in [2.24, 2.45) is 11.8 Å². The largest absolute Gasteiger partial charge is 0.336 e. The van der Waals surface area contributed by atoms with Gasteiger partial charge in [-0.2, -0.15) is 0 Å². The summed E-state index contributed by atoms with van der Waals surface area (Å²) in [4.78, 5) is 45.0. The van der Waals surface area contributed by atoms with Crippen LogP contribution in [0.3, 0.4) is 0 Å². The van der Waals surface area contributed by atoms with Crippen LogP contribution in [0.25, 0.3) is 0 Å². The molecule has 4 aliphatic heterocycles. The molecule has 5 atom stereocenters. The van der Waals surface area contributed by atoms with E-state index in [9.17, 15) is 14.4 Å². The Bertz CT molecular complexity index is 1010. The average Bonchev–Trinajstić information content (AvgIpc) is 3.11. The van der Waals surface area contributed by atoms with E-state index >= 15 is 0 Å². The molecule has 180 valence electrons. The molecular weight excluding hydrogens is 428 g/mol. The molecule has 2 bridgehead atoms. The van der Waals surface area contributed by atoms with E-state index in [1.54, 1.807) is 0 Å². The molecule has 0 spiro atoms. The fraction of sp³-hybridized carbons (Fsp3) is 0.593.